The molecule has 0 amide bonds. The zero-order valence-electron chi connectivity index (χ0n) is 9.17. The standard InChI is InChI=1S/C11H16ClFN2S/c1-2-16-7-9(15-14)5-8-3-4-11(13)10(12)6-8/h3-4,6,9,15H,2,5,7,14H2,1H3. The monoisotopic (exact) mass is 262 g/mol. The molecular weight excluding hydrogens is 247 g/mol. The molecule has 1 aromatic rings. The molecule has 0 aromatic heterocycles. The van der Waals surface area contributed by atoms with E-state index >= 15 is 0 Å². The minimum atomic E-state index is -0.384. The molecule has 5 heteroatoms. The van der Waals surface area contributed by atoms with Gasteiger partial charge < -0.3 is 0 Å². The van der Waals surface area contributed by atoms with Gasteiger partial charge in [0, 0.05) is 11.8 Å². The highest BCUT2D eigenvalue weighted by Gasteiger charge is 2.09. The van der Waals surface area contributed by atoms with Crippen LogP contribution in [0.2, 0.25) is 5.02 Å². The molecule has 16 heavy (non-hydrogen) atoms. The molecule has 0 aliphatic heterocycles. The fourth-order valence-corrected chi connectivity index (χ4v) is 2.31. The van der Waals surface area contributed by atoms with Gasteiger partial charge in [-0.3, -0.25) is 11.3 Å². The van der Waals surface area contributed by atoms with E-state index in [4.69, 9.17) is 17.4 Å². The Labute approximate surface area is 105 Å². The predicted molar refractivity (Wildman–Crippen MR) is 69.2 cm³/mol. The molecule has 2 nitrogen and oxygen atoms in total. The minimum Gasteiger partial charge on any atom is -0.271 e. The molecule has 0 spiro atoms. The first-order valence-electron chi connectivity index (χ1n) is 5.15. The topological polar surface area (TPSA) is 38.0 Å². The highest BCUT2D eigenvalue weighted by atomic mass is 35.5. The maximum Gasteiger partial charge on any atom is 0.141 e. The van der Waals surface area contributed by atoms with Crippen LogP contribution in [0, 0.1) is 5.82 Å². The number of nitrogens with two attached hydrogens (primary N) is 1. The maximum atomic E-state index is 12.9. The third kappa shape index (κ3) is 4.29. The molecule has 1 aromatic carbocycles. The second-order valence-corrected chi connectivity index (χ2v) is 5.20. The summed E-state index contributed by atoms with van der Waals surface area (Å²) in [5.74, 6) is 7.07. The van der Waals surface area contributed by atoms with Crippen LogP contribution in [0.3, 0.4) is 0 Å². The molecule has 0 fully saturated rings. The van der Waals surface area contributed by atoms with Gasteiger partial charge in [-0.05, 0) is 29.9 Å². The van der Waals surface area contributed by atoms with Gasteiger partial charge in [-0.2, -0.15) is 11.8 Å². The van der Waals surface area contributed by atoms with Crippen LogP contribution in [-0.4, -0.2) is 17.5 Å². The quantitative estimate of drug-likeness (QED) is 0.611. The highest BCUT2D eigenvalue weighted by molar-refractivity contribution is 7.99. The Morgan fingerprint density at radius 3 is 2.88 bits per heavy atom. The zero-order chi connectivity index (χ0) is 12.0. The van der Waals surface area contributed by atoms with Crippen LogP contribution in [0.15, 0.2) is 18.2 Å². The van der Waals surface area contributed by atoms with E-state index in [2.05, 4.69) is 12.3 Å². The molecular formula is C11H16ClFN2S. The summed E-state index contributed by atoms with van der Waals surface area (Å²) in [6, 6.07) is 4.96. The van der Waals surface area contributed by atoms with Crippen molar-refractivity contribution in [3.8, 4) is 0 Å². The molecule has 1 unspecified atom stereocenters. The SMILES string of the molecule is CCSCC(Cc1ccc(F)c(Cl)c1)NN. The van der Waals surface area contributed by atoms with Crippen molar-refractivity contribution in [2.75, 3.05) is 11.5 Å². The Kier molecular flexibility index (Phi) is 6.13. The number of nitrogens with one attached hydrogen (secondary N) is 1. The minimum absolute atomic E-state index is 0.163. The Bertz CT molecular complexity index is 336. The Balaban J connectivity index is 2.59. The summed E-state index contributed by atoms with van der Waals surface area (Å²) < 4.78 is 12.9. The lowest BCUT2D eigenvalue weighted by molar-refractivity contribution is 0.574. The van der Waals surface area contributed by atoms with E-state index < -0.39 is 0 Å². The van der Waals surface area contributed by atoms with Crippen molar-refractivity contribution in [3.05, 3.63) is 34.6 Å². The number of hydrogen-bond donors (Lipinski definition) is 2. The van der Waals surface area contributed by atoms with Crippen LogP contribution in [0.1, 0.15) is 12.5 Å². The van der Waals surface area contributed by atoms with E-state index in [9.17, 15) is 4.39 Å². The molecule has 1 rings (SSSR count). The Hall–Kier alpha value is -0.290. The van der Waals surface area contributed by atoms with Gasteiger partial charge >= 0.3 is 0 Å². The molecule has 90 valence electrons. The first-order valence-corrected chi connectivity index (χ1v) is 6.68. The first-order chi connectivity index (χ1) is 7.67. The van der Waals surface area contributed by atoms with Crippen molar-refractivity contribution in [3.63, 3.8) is 0 Å². The van der Waals surface area contributed by atoms with Crippen molar-refractivity contribution in [2.24, 2.45) is 5.84 Å². The third-order valence-corrected chi connectivity index (χ3v) is 3.56. The van der Waals surface area contributed by atoms with Gasteiger partial charge in [0.05, 0.1) is 5.02 Å². The fourth-order valence-electron chi connectivity index (χ4n) is 1.38. The molecule has 0 heterocycles. The van der Waals surface area contributed by atoms with E-state index in [1.807, 2.05) is 11.8 Å². The van der Waals surface area contributed by atoms with Gasteiger partial charge in [0.2, 0.25) is 0 Å². The van der Waals surface area contributed by atoms with E-state index in [-0.39, 0.29) is 16.9 Å². The van der Waals surface area contributed by atoms with E-state index in [1.54, 1.807) is 12.1 Å². The lowest BCUT2D eigenvalue weighted by atomic mass is 10.1. The Morgan fingerprint density at radius 2 is 2.31 bits per heavy atom. The summed E-state index contributed by atoms with van der Waals surface area (Å²) in [6.45, 7) is 2.10. The lowest BCUT2D eigenvalue weighted by Crippen LogP contribution is -2.38. The molecule has 3 N–H and O–H groups in total. The van der Waals surface area contributed by atoms with Crippen molar-refractivity contribution >= 4 is 23.4 Å². The summed E-state index contributed by atoms with van der Waals surface area (Å²) in [5.41, 5.74) is 3.75. The van der Waals surface area contributed by atoms with Crippen molar-refractivity contribution in [1.29, 1.82) is 0 Å². The van der Waals surface area contributed by atoms with E-state index in [0.29, 0.717) is 0 Å². The van der Waals surface area contributed by atoms with Crippen LogP contribution in [0.5, 0.6) is 0 Å². The number of benzene rings is 1. The van der Waals surface area contributed by atoms with Crippen molar-refractivity contribution < 1.29 is 4.39 Å². The number of thioether (sulfide) groups is 1. The maximum absolute atomic E-state index is 12.9. The average molecular weight is 263 g/mol. The normalized spacial score (nSPS) is 12.8. The van der Waals surface area contributed by atoms with Crippen molar-refractivity contribution in [1.82, 2.24) is 5.43 Å². The van der Waals surface area contributed by atoms with E-state index in [1.165, 1.54) is 6.07 Å². The average Bonchev–Trinajstić information content (AvgIpc) is 2.29. The van der Waals surface area contributed by atoms with Gasteiger partial charge in [0.15, 0.2) is 0 Å². The van der Waals surface area contributed by atoms with Gasteiger partial charge in [-0.25, -0.2) is 4.39 Å². The summed E-state index contributed by atoms with van der Waals surface area (Å²) in [5, 5.41) is 0.163. The molecule has 0 saturated carbocycles. The van der Waals surface area contributed by atoms with Crippen LogP contribution in [0.4, 0.5) is 4.39 Å². The molecule has 0 bridgehead atoms. The second-order valence-electron chi connectivity index (χ2n) is 3.48. The number of hydrazine groups is 1. The largest absolute Gasteiger partial charge is 0.271 e. The van der Waals surface area contributed by atoms with Gasteiger partial charge in [0.25, 0.3) is 0 Å². The number of rotatable bonds is 6. The summed E-state index contributed by atoms with van der Waals surface area (Å²) in [4.78, 5) is 0. The van der Waals surface area contributed by atoms with Crippen molar-refractivity contribution in [2.45, 2.75) is 19.4 Å². The van der Waals surface area contributed by atoms with Crippen LogP contribution < -0.4 is 11.3 Å². The van der Waals surface area contributed by atoms with Gasteiger partial charge in [-0.1, -0.05) is 24.6 Å². The summed E-state index contributed by atoms with van der Waals surface area (Å²) in [6.07, 6.45) is 0.753. The Morgan fingerprint density at radius 1 is 1.56 bits per heavy atom. The molecule has 0 aliphatic rings. The van der Waals surface area contributed by atoms with Crippen LogP contribution in [-0.2, 0) is 6.42 Å². The zero-order valence-corrected chi connectivity index (χ0v) is 10.7. The smallest absolute Gasteiger partial charge is 0.141 e. The summed E-state index contributed by atoms with van der Waals surface area (Å²) >= 11 is 7.53. The van der Waals surface area contributed by atoms with Gasteiger partial charge in [0.1, 0.15) is 5.82 Å². The lowest BCUT2D eigenvalue weighted by Gasteiger charge is -2.15. The van der Waals surface area contributed by atoms with Crippen LogP contribution >= 0.6 is 23.4 Å². The highest BCUT2D eigenvalue weighted by Crippen LogP contribution is 2.17. The fraction of sp³-hybridized carbons (Fsp3) is 0.455. The molecule has 0 aliphatic carbocycles. The number of hydrogen-bond acceptors (Lipinski definition) is 3. The number of halogens is 2. The summed E-state index contributed by atoms with van der Waals surface area (Å²) in [7, 11) is 0. The molecule has 1 atom stereocenters. The first kappa shape index (κ1) is 13.8. The molecule has 0 saturated heterocycles. The molecule has 0 radical (unpaired) electrons. The third-order valence-electron chi connectivity index (χ3n) is 2.22. The second kappa shape index (κ2) is 7.12. The van der Waals surface area contributed by atoms with Crippen LogP contribution in [0.25, 0.3) is 0 Å². The van der Waals surface area contributed by atoms with Gasteiger partial charge in [-0.15, -0.1) is 0 Å². The van der Waals surface area contributed by atoms with E-state index in [0.717, 1.165) is 23.5 Å². The predicted octanol–water partition coefficient (Wildman–Crippen LogP) is 2.61.